The van der Waals surface area contributed by atoms with Gasteiger partial charge in [-0.15, -0.1) is 0 Å². The van der Waals surface area contributed by atoms with Gasteiger partial charge in [-0.1, -0.05) is 47.7 Å². The van der Waals surface area contributed by atoms with E-state index in [0.29, 0.717) is 6.54 Å². The van der Waals surface area contributed by atoms with E-state index in [1.54, 1.807) is 0 Å². The normalized spacial score (nSPS) is 22.9. The van der Waals surface area contributed by atoms with Gasteiger partial charge in [-0.3, -0.25) is 0 Å². The molecule has 17 heavy (non-hydrogen) atoms. The second kappa shape index (κ2) is 6.08. The molecule has 0 spiro atoms. The SMILES string of the molecule is C/C1=C(\c2ccc(CN)cc2)S/C=C/CCC1. The summed E-state index contributed by atoms with van der Waals surface area (Å²) in [5.41, 5.74) is 9.63. The zero-order valence-electron chi connectivity index (χ0n) is 10.3. The van der Waals surface area contributed by atoms with Gasteiger partial charge in [0, 0.05) is 11.4 Å². The van der Waals surface area contributed by atoms with Crippen LogP contribution in [0.25, 0.3) is 4.91 Å². The lowest BCUT2D eigenvalue weighted by atomic mass is 10.0. The molecule has 0 aromatic heterocycles. The van der Waals surface area contributed by atoms with Gasteiger partial charge in [0.25, 0.3) is 0 Å². The Balaban J connectivity index is 2.28. The molecule has 1 aliphatic heterocycles. The van der Waals surface area contributed by atoms with Gasteiger partial charge < -0.3 is 5.73 Å². The molecular formula is C15H19NS. The number of thioether (sulfide) groups is 1. The monoisotopic (exact) mass is 245 g/mol. The third kappa shape index (κ3) is 3.24. The summed E-state index contributed by atoms with van der Waals surface area (Å²) in [6, 6.07) is 8.62. The summed E-state index contributed by atoms with van der Waals surface area (Å²) in [5, 5.41) is 2.22. The van der Waals surface area contributed by atoms with Gasteiger partial charge in [-0.05, 0) is 42.7 Å². The Bertz CT molecular complexity index is 429. The molecule has 2 heteroatoms. The first kappa shape index (κ1) is 12.5. The van der Waals surface area contributed by atoms with Crippen LogP contribution in [0.1, 0.15) is 37.3 Å². The first-order valence-electron chi connectivity index (χ1n) is 6.12. The fourth-order valence-corrected chi connectivity index (χ4v) is 2.93. The van der Waals surface area contributed by atoms with Gasteiger partial charge in [-0.2, -0.15) is 0 Å². The van der Waals surface area contributed by atoms with E-state index in [2.05, 4.69) is 42.7 Å². The van der Waals surface area contributed by atoms with Gasteiger partial charge in [0.05, 0.1) is 0 Å². The minimum atomic E-state index is 0.616. The van der Waals surface area contributed by atoms with E-state index in [9.17, 15) is 0 Å². The lowest BCUT2D eigenvalue weighted by molar-refractivity contribution is 0.835. The third-order valence-electron chi connectivity index (χ3n) is 3.04. The van der Waals surface area contributed by atoms with Crippen LogP contribution in [0, 0.1) is 0 Å². The molecule has 0 radical (unpaired) electrons. The van der Waals surface area contributed by atoms with Crippen LogP contribution in [0.3, 0.4) is 0 Å². The maximum atomic E-state index is 5.62. The number of allylic oxidation sites excluding steroid dienone is 2. The Morgan fingerprint density at radius 2 is 2.00 bits per heavy atom. The molecule has 0 saturated carbocycles. The molecule has 0 unspecified atom stereocenters. The van der Waals surface area contributed by atoms with Crippen LogP contribution in [-0.4, -0.2) is 0 Å². The molecule has 0 atom stereocenters. The molecule has 2 rings (SSSR count). The van der Waals surface area contributed by atoms with Crippen molar-refractivity contribution in [2.24, 2.45) is 5.73 Å². The standard InChI is InChI=1S/C15H19NS/c1-12-5-3-2-4-10-17-15(12)14-8-6-13(11-16)7-9-14/h4,6-10H,2-3,5,11,16H2,1H3/b10-4+,15-12-. The highest BCUT2D eigenvalue weighted by Crippen LogP contribution is 2.35. The van der Waals surface area contributed by atoms with Crippen molar-refractivity contribution in [3.8, 4) is 0 Å². The number of hydrogen-bond donors (Lipinski definition) is 1. The Morgan fingerprint density at radius 3 is 2.71 bits per heavy atom. The summed E-state index contributed by atoms with van der Waals surface area (Å²) in [4.78, 5) is 1.41. The summed E-state index contributed by atoms with van der Waals surface area (Å²) < 4.78 is 0. The smallest absolute Gasteiger partial charge is 0.0178 e. The minimum absolute atomic E-state index is 0.616. The quantitative estimate of drug-likeness (QED) is 0.840. The second-order valence-corrected chi connectivity index (χ2v) is 5.31. The van der Waals surface area contributed by atoms with Crippen molar-refractivity contribution in [2.75, 3.05) is 0 Å². The Morgan fingerprint density at radius 1 is 1.24 bits per heavy atom. The zero-order valence-corrected chi connectivity index (χ0v) is 11.1. The molecule has 1 heterocycles. The number of hydrogen-bond acceptors (Lipinski definition) is 2. The zero-order chi connectivity index (χ0) is 12.1. The number of benzene rings is 1. The fraction of sp³-hybridized carbons (Fsp3) is 0.333. The van der Waals surface area contributed by atoms with Gasteiger partial charge in [0.1, 0.15) is 0 Å². The van der Waals surface area contributed by atoms with Crippen molar-refractivity contribution >= 4 is 16.7 Å². The topological polar surface area (TPSA) is 26.0 Å². The summed E-state index contributed by atoms with van der Waals surface area (Å²) in [7, 11) is 0. The maximum Gasteiger partial charge on any atom is 0.0178 e. The first-order chi connectivity index (χ1) is 8.31. The molecule has 1 nitrogen and oxygen atoms in total. The second-order valence-electron chi connectivity index (χ2n) is 4.39. The highest BCUT2D eigenvalue weighted by Gasteiger charge is 2.07. The van der Waals surface area contributed by atoms with Crippen LogP contribution >= 0.6 is 11.8 Å². The number of nitrogens with two attached hydrogens (primary N) is 1. The van der Waals surface area contributed by atoms with E-state index in [-0.39, 0.29) is 0 Å². The van der Waals surface area contributed by atoms with Crippen LogP contribution in [0.4, 0.5) is 0 Å². The predicted molar refractivity (Wildman–Crippen MR) is 77.5 cm³/mol. The van der Waals surface area contributed by atoms with Crippen molar-refractivity contribution in [2.45, 2.75) is 32.7 Å². The highest BCUT2D eigenvalue weighted by molar-refractivity contribution is 8.10. The van der Waals surface area contributed by atoms with Gasteiger partial charge in [0.2, 0.25) is 0 Å². The number of rotatable bonds is 2. The Hall–Kier alpha value is -0.990. The van der Waals surface area contributed by atoms with E-state index in [1.165, 1.54) is 40.9 Å². The van der Waals surface area contributed by atoms with Crippen molar-refractivity contribution in [1.29, 1.82) is 0 Å². The summed E-state index contributed by atoms with van der Waals surface area (Å²) in [5.74, 6) is 0. The van der Waals surface area contributed by atoms with Crippen molar-refractivity contribution in [3.63, 3.8) is 0 Å². The van der Waals surface area contributed by atoms with E-state index in [4.69, 9.17) is 5.73 Å². The minimum Gasteiger partial charge on any atom is -0.326 e. The molecule has 0 bridgehead atoms. The molecule has 1 aliphatic rings. The fourth-order valence-electron chi connectivity index (χ4n) is 1.99. The van der Waals surface area contributed by atoms with Gasteiger partial charge in [0.15, 0.2) is 0 Å². The van der Waals surface area contributed by atoms with E-state index < -0.39 is 0 Å². The van der Waals surface area contributed by atoms with Gasteiger partial charge in [-0.25, -0.2) is 0 Å². The summed E-state index contributed by atoms with van der Waals surface area (Å²) in [6.07, 6.45) is 5.92. The molecule has 2 N–H and O–H groups in total. The van der Waals surface area contributed by atoms with Crippen LogP contribution in [0.5, 0.6) is 0 Å². The lowest BCUT2D eigenvalue weighted by Gasteiger charge is -2.13. The summed E-state index contributed by atoms with van der Waals surface area (Å²) >= 11 is 1.84. The predicted octanol–water partition coefficient (Wildman–Crippen LogP) is 4.31. The highest BCUT2D eigenvalue weighted by atomic mass is 32.2. The Labute approximate surface area is 108 Å². The average Bonchev–Trinajstić information content (AvgIpc) is 2.35. The largest absolute Gasteiger partial charge is 0.326 e. The van der Waals surface area contributed by atoms with Crippen LogP contribution in [-0.2, 0) is 6.54 Å². The van der Waals surface area contributed by atoms with Crippen molar-refractivity contribution < 1.29 is 0 Å². The average molecular weight is 245 g/mol. The van der Waals surface area contributed by atoms with Crippen LogP contribution < -0.4 is 5.73 Å². The molecule has 0 fully saturated rings. The molecule has 1 aromatic carbocycles. The molecule has 1 aromatic rings. The Kier molecular flexibility index (Phi) is 4.46. The first-order valence-corrected chi connectivity index (χ1v) is 7.00. The van der Waals surface area contributed by atoms with E-state index >= 15 is 0 Å². The van der Waals surface area contributed by atoms with Crippen molar-refractivity contribution in [3.05, 3.63) is 52.4 Å². The maximum absolute atomic E-state index is 5.62. The van der Waals surface area contributed by atoms with Crippen molar-refractivity contribution in [1.82, 2.24) is 0 Å². The lowest BCUT2D eigenvalue weighted by Crippen LogP contribution is -1.96. The molecule has 0 saturated heterocycles. The van der Waals surface area contributed by atoms with E-state index in [0.717, 1.165) is 0 Å². The van der Waals surface area contributed by atoms with Gasteiger partial charge >= 0.3 is 0 Å². The molecule has 0 aliphatic carbocycles. The third-order valence-corrected chi connectivity index (χ3v) is 4.19. The van der Waals surface area contributed by atoms with Crippen LogP contribution in [0.15, 0.2) is 41.3 Å². The molecule has 90 valence electrons. The molecular weight excluding hydrogens is 226 g/mol. The van der Waals surface area contributed by atoms with E-state index in [1.807, 2.05) is 11.8 Å². The summed E-state index contributed by atoms with van der Waals surface area (Å²) in [6.45, 7) is 2.86. The van der Waals surface area contributed by atoms with Crippen LogP contribution in [0.2, 0.25) is 0 Å². The molecule has 0 amide bonds.